The zero-order valence-corrected chi connectivity index (χ0v) is 22.4. The molecule has 0 unspecified atom stereocenters. The van der Waals surface area contributed by atoms with Crippen LogP contribution in [-0.4, -0.2) is 36.3 Å². The molecule has 7 nitrogen and oxygen atoms in total. The maximum absolute atomic E-state index is 12.8. The highest BCUT2D eigenvalue weighted by Gasteiger charge is 2.20. The molecule has 2 fully saturated rings. The van der Waals surface area contributed by atoms with Gasteiger partial charge in [-0.05, 0) is 62.1 Å². The molecule has 0 heterocycles. The highest BCUT2D eigenvalue weighted by atomic mass is 35.5. The summed E-state index contributed by atoms with van der Waals surface area (Å²) in [6.07, 6.45) is 10.8. The summed E-state index contributed by atoms with van der Waals surface area (Å²) in [4.78, 5) is 38.1. The highest BCUT2D eigenvalue weighted by molar-refractivity contribution is 6.34. The van der Waals surface area contributed by atoms with E-state index in [9.17, 15) is 14.4 Å². The summed E-state index contributed by atoms with van der Waals surface area (Å²) in [7, 11) is 0. The predicted octanol–water partition coefficient (Wildman–Crippen LogP) is 6.17. The fraction of sp³-hybridized carbons (Fsp3) is 0.464. The molecule has 0 aromatic heterocycles. The molecule has 2 aliphatic carbocycles. The Kier molecular flexibility index (Phi) is 9.69. The lowest BCUT2D eigenvalue weighted by Crippen LogP contribution is -2.36. The summed E-state index contributed by atoms with van der Waals surface area (Å²) >= 11 is 12.6. The molecule has 2 aliphatic rings. The molecule has 37 heavy (non-hydrogen) atoms. The standard InChI is InChI=1S/C28H34Cl2N4O3/c29-24-13-11-20(15-22(24)27(36)33-18-7-3-1-4-8-18)31-17-26(35)32-21-12-14-25(30)23(16-21)28(37)34-19-9-5-2-6-10-19/h11-16,18-19,31H,1-10,17H2,(H,32,35)(H,33,36)(H,34,37). The van der Waals surface area contributed by atoms with Crippen molar-refractivity contribution in [2.24, 2.45) is 0 Å². The van der Waals surface area contributed by atoms with Crippen molar-refractivity contribution in [1.29, 1.82) is 0 Å². The monoisotopic (exact) mass is 544 g/mol. The van der Waals surface area contributed by atoms with Gasteiger partial charge in [0.05, 0.1) is 27.7 Å². The maximum atomic E-state index is 12.8. The Hall–Kier alpha value is -2.77. The van der Waals surface area contributed by atoms with Crippen molar-refractivity contribution in [2.75, 3.05) is 17.2 Å². The number of nitrogens with one attached hydrogen (secondary N) is 4. The van der Waals surface area contributed by atoms with Crippen molar-refractivity contribution in [1.82, 2.24) is 10.6 Å². The van der Waals surface area contributed by atoms with Crippen molar-refractivity contribution < 1.29 is 14.4 Å². The number of halogens is 2. The Bertz CT molecular complexity index is 1130. The molecular weight excluding hydrogens is 511 g/mol. The number of carbonyl (C=O) groups excluding carboxylic acids is 3. The molecule has 2 aromatic carbocycles. The van der Waals surface area contributed by atoms with E-state index in [0.29, 0.717) is 32.5 Å². The average molecular weight is 546 g/mol. The molecule has 0 radical (unpaired) electrons. The van der Waals surface area contributed by atoms with Crippen LogP contribution in [-0.2, 0) is 4.79 Å². The first-order valence-electron chi connectivity index (χ1n) is 13.1. The number of amides is 3. The third-order valence-electron chi connectivity index (χ3n) is 7.04. The van der Waals surface area contributed by atoms with Crippen molar-refractivity contribution in [3.63, 3.8) is 0 Å². The number of anilines is 2. The summed E-state index contributed by atoms with van der Waals surface area (Å²) < 4.78 is 0. The molecule has 0 bridgehead atoms. The van der Waals surface area contributed by atoms with Crippen LogP contribution in [0.4, 0.5) is 11.4 Å². The van der Waals surface area contributed by atoms with Crippen molar-refractivity contribution in [2.45, 2.75) is 76.3 Å². The average Bonchev–Trinajstić information content (AvgIpc) is 2.90. The van der Waals surface area contributed by atoms with E-state index >= 15 is 0 Å². The minimum absolute atomic E-state index is 0.0302. The van der Waals surface area contributed by atoms with Gasteiger partial charge in [-0.25, -0.2) is 0 Å². The summed E-state index contributed by atoms with van der Waals surface area (Å²) in [5.41, 5.74) is 1.80. The highest BCUT2D eigenvalue weighted by Crippen LogP contribution is 2.24. The van der Waals surface area contributed by atoms with Gasteiger partial charge in [-0.2, -0.15) is 0 Å². The molecule has 4 N–H and O–H groups in total. The largest absolute Gasteiger partial charge is 0.376 e. The van der Waals surface area contributed by atoms with E-state index in [4.69, 9.17) is 23.2 Å². The van der Waals surface area contributed by atoms with Crippen molar-refractivity contribution in [3.05, 3.63) is 57.6 Å². The first-order chi connectivity index (χ1) is 17.9. The van der Waals surface area contributed by atoms with E-state index < -0.39 is 0 Å². The molecule has 2 aromatic rings. The first kappa shape index (κ1) is 27.3. The van der Waals surface area contributed by atoms with E-state index in [1.165, 1.54) is 12.8 Å². The topological polar surface area (TPSA) is 99.3 Å². The predicted molar refractivity (Wildman–Crippen MR) is 149 cm³/mol. The second kappa shape index (κ2) is 13.2. The van der Waals surface area contributed by atoms with Crippen LogP contribution in [0.1, 0.15) is 84.9 Å². The molecule has 0 spiro atoms. The number of rotatable bonds is 8. The second-order valence-electron chi connectivity index (χ2n) is 9.91. The number of carbonyl (C=O) groups is 3. The van der Waals surface area contributed by atoms with Crippen LogP contribution in [0.5, 0.6) is 0 Å². The molecule has 3 amide bonds. The Morgan fingerprint density at radius 3 is 1.65 bits per heavy atom. The van der Waals surface area contributed by atoms with Crippen LogP contribution in [0.2, 0.25) is 10.0 Å². The van der Waals surface area contributed by atoms with E-state index in [2.05, 4.69) is 21.3 Å². The van der Waals surface area contributed by atoms with Gasteiger partial charge in [-0.15, -0.1) is 0 Å². The van der Waals surface area contributed by atoms with Crippen LogP contribution >= 0.6 is 23.2 Å². The third-order valence-corrected chi connectivity index (χ3v) is 7.70. The molecule has 4 rings (SSSR count). The second-order valence-corrected chi connectivity index (χ2v) is 10.7. The summed E-state index contributed by atoms with van der Waals surface area (Å²) in [6.45, 7) is -0.0302. The zero-order chi connectivity index (χ0) is 26.2. The molecule has 0 saturated heterocycles. The molecule has 0 atom stereocenters. The van der Waals surface area contributed by atoms with Gasteiger partial charge in [0.2, 0.25) is 5.91 Å². The third kappa shape index (κ3) is 7.86. The van der Waals surface area contributed by atoms with E-state index in [0.717, 1.165) is 51.4 Å². The Morgan fingerprint density at radius 2 is 1.14 bits per heavy atom. The number of benzene rings is 2. The smallest absolute Gasteiger partial charge is 0.253 e. The molecular formula is C28H34Cl2N4O3. The summed E-state index contributed by atoms with van der Waals surface area (Å²) in [5.74, 6) is -0.736. The van der Waals surface area contributed by atoms with Crippen molar-refractivity contribution in [3.8, 4) is 0 Å². The van der Waals surface area contributed by atoms with Gasteiger partial charge in [-0.1, -0.05) is 61.7 Å². The van der Waals surface area contributed by atoms with Gasteiger partial charge in [-0.3, -0.25) is 14.4 Å². The van der Waals surface area contributed by atoms with Gasteiger partial charge in [0.1, 0.15) is 0 Å². The summed E-state index contributed by atoms with van der Waals surface area (Å²) in [6, 6.07) is 10.2. The van der Waals surface area contributed by atoms with Crippen LogP contribution in [0, 0.1) is 0 Å². The minimum Gasteiger partial charge on any atom is -0.376 e. The molecule has 0 aliphatic heterocycles. The van der Waals surface area contributed by atoms with E-state index in [-0.39, 0.29) is 36.3 Å². The summed E-state index contributed by atoms with van der Waals surface area (Å²) in [5, 5.41) is 12.7. The lowest BCUT2D eigenvalue weighted by Gasteiger charge is -2.23. The fourth-order valence-electron chi connectivity index (χ4n) is 4.99. The SMILES string of the molecule is O=C(CNc1ccc(Cl)c(C(=O)NC2CCCCC2)c1)Nc1ccc(Cl)c(C(=O)NC2CCCCC2)c1. The van der Waals surface area contributed by atoms with E-state index in [1.54, 1.807) is 36.4 Å². The van der Waals surface area contributed by atoms with Gasteiger partial charge < -0.3 is 21.3 Å². The Morgan fingerprint density at radius 1 is 0.676 bits per heavy atom. The zero-order valence-electron chi connectivity index (χ0n) is 20.9. The number of hydrogen-bond acceptors (Lipinski definition) is 4. The van der Waals surface area contributed by atoms with Crippen LogP contribution in [0.25, 0.3) is 0 Å². The van der Waals surface area contributed by atoms with Crippen molar-refractivity contribution >= 4 is 52.3 Å². The van der Waals surface area contributed by atoms with E-state index in [1.807, 2.05) is 0 Å². The van der Waals surface area contributed by atoms with Gasteiger partial charge in [0.25, 0.3) is 11.8 Å². The lowest BCUT2D eigenvalue weighted by molar-refractivity contribution is -0.114. The molecule has 198 valence electrons. The van der Waals surface area contributed by atoms with Crippen LogP contribution in [0.15, 0.2) is 36.4 Å². The van der Waals surface area contributed by atoms with Crippen LogP contribution in [0.3, 0.4) is 0 Å². The van der Waals surface area contributed by atoms with Gasteiger partial charge >= 0.3 is 0 Å². The number of hydrogen-bond donors (Lipinski definition) is 4. The fourth-order valence-corrected chi connectivity index (χ4v) is 5.40. The minimum atomic E-state index is -0.302. The lowest BCUT2D eigenvalue weighted by atomic mass is 9.95. The Labute approximate surface area is 228 Å². The van der Waals surface area contributed by atoms with Crippen LogP contribution < -0.4 is 21.3 Å². The quantitative estimate of drug-likeness (QED) is 0.319. The first-order valence-corrected chi connectivity index (χ1v) is 13.9. The molecule has 9 heteroatoms. The normalized spacial score (nSPS) is 16.6. The maximum Gasteiger partial charge on any atom is 0.253 e. The van der Waals surface area contributed by atoms with Gasteiger partial charge in [0, 0.05) is 23.5 Å². The molecule has 2 saturated carbocycles. The van der Waals surface area contributed by atoms with Gasteiger partial charge in [0.15, 0.2) is 0 Å². The Balaban J connectivity index is 1.32.